The van der Waals surface area contributed by atoms with Gasteiger partial charge in [-0.1, -0.05) is 59.8 Å². The lowest BCUT2D eigenvalue weighted by Gasteiger charge is -2.68. The third-order valence-corrected chi connectivity index (χ3v) is 11.9. The van der Waals surface area contributed by atoms with Gasteiger partial charge in [-0.25, -0.2) is 0 Å². The first-order valence-electron chi connectivity index (χ1n) is 13.5. The van der Waals surface area contributed by atoms with Gasteiger partial charge in [-0.05, 0) is 97.4 Å². The van der Waals surface area contributed by atoms with E-state index in [1.165, 1.54) is 5.57 Å². The van der Waals surface area contributed by atoms with Crippen LogP contribution < -0.4 is 0 Å². The lowest BCUT2D eigenvalue weighted by atomic mass is 9.36. The lowest BCUT2D eigenvalue weighted by Crippen LogP contribution is -2.62. The van der Waals surface area contributed by atoms with E-state index in [2.05, 4.69) is 52.8 Å². The van der Waals surface area contributed by atoms with Crippen molar-refractivity contribution in [1.29, 1.82) is 0 Å². The fourth-order valence-electron chi connectivity index (χ4n) is 8.87. The average Bonchev–Trinajstić information content (AvgIpc) is 2.75. The van der Waals surface area contributed by atoms with E-state index in [1.807, 2.05) is 6.92 Å². The number of aliphatic hydroxyl groups excluding tert-OH is 1. The Kier molecular flexibility index (Phi) is 6.07. The molecule has 0 unspecified atom stereocenters. The molecule has 0 heterocycles. The van der Waals surface area contributed by atoms with E-state index in [-0.39, 0.29) is 39.5 Å². The molecule has 4 aliphatic rings. The molecule has 8 atom stereocenters. The number of carboxylic acids is 1. The molecule has 4 rings (SSSR count). The van der Waals surface area contributed by atoms with Crippen LogP contribution in [0, 0.1) is 44.8 Å². The van der Waals surface area contributed by atoms with Crippen LogP contribution in [-0.4, -0.2) is 28.1 Å². The van der Waals surface area contributed by atoms with E-state index in [9.17, 15) is 19.8 Å². The molecule has 0 amide bonds. The molecule has 4 aliphatic carbocycles. The number of allylic oxidation sites excluding steroid dienone is 3. The fourth-order valence-corrected chi connectivity index (χ4v) is 8.87. The second kappa shape index (κ2) is 8.05. The van der Waals surface area contributed by atoms with Crippen molar-refractivity contribution in [2.24, 2.45) is 44.8 Å². The Morgan fingerprint density at radius 1 is 1.06 bits per heavy atom. The minimum Gasteiger partial charge on any atom is -0.481 e. The highest BCUT2D eigenvalue weighted by molar-refractivity contribution is 5.79. The van der Waals surface area contributed by atoms with E-state index in [4.69, 9.17) is 0 Å². The van der Waals surface area contributed by atoms with Crippen molar-refractivity contribution in [2.75, 3.05) is 0 Å². The van der Waals surface area contributed by atoms with Gasteiger partial charge in [-0.3, -0.25) is 9.59 Å². The Balaban J connectivity index is 1.73. The quantitative estimate of drug-likeness (QED) is 0.476. The van der Waals surface area contributed by atoms with Gasteiger partial charge in [-0.2, -0.15) is 0 Å². The van der Waals surface area contributed by atoms with Crippen LogP contribution >= 0.6 is 0 Å². The van der Waals surface area contributed by atoms with Crippen LogP contribution in [0.5, 0.6) is 0 Å². The zero-order valence-corrected chi connectivity index (χ0v) is 22.4. The summed E-state index contributed by atoms with van der Waals surface area (Å²) in [5, 5.41) is 21.1. The Labute approximate surface area is 206 Å². The summed E-state index contributed by atoms with van der Waals surface area (Å²) in [5.41, 5.74) is 0.355. The largest absolute Gasteiger partial charge is 0.481 e. The molecule has 34 heavy (non-hydrogen) atoms. The summed E-state index contributed by atoms with van der Waals surface area (Å²) < 4.78 is 0. The number of ketones is 1. The third kappa shape index (κ3) is 3.41. The van der Waals surface area contributed by atoms with E-state index in [0.717, 1.165) is 32.1 Å². The molecule has 4 nitrogen and oxygen atoms in total. The Morgan fingerprint density at radius 2 is 1.74 bits per heavy atom. The van der Waals surface area contributed by atoms with E-state index in [1.54, 1.807) is 6.92 Å². The number of carbonyl (C=O) groups is 2. The summed E-state index contributed by atoms with van der Waals surface area (Å²) >= 11 is 0. The summed E-state index contributed by atoms with van der Waals surface area (Å²) in [6.07, 6.45) is 13.2. The number of hydrogen-bond donors (Lipinski definition) is 2. The lowest BCUT2D eigenvalue weighted by molar-refractivity contribution is -0.182. The van der Waals surface area contributed by atoms with Crippen LogP contribution in [0.4, 0.5) is 0 Å². The number of rotatable bonds is 5. The molecule has 0 aromatic rings. The highest BCUT2D eigenvalue weighted by Gasteiger charge is 2.65. The molecule has 0 aliphatic heterocycles. The first-order valence-corrected chi connectivity index (χ1v) is 13.5. The summed E-state index contributed by atoms with van der Waals surface area (Å²) in [7, 11) is 0. The van der Waals surface area contributed by atoms with E-state index < -0.39 is 11.4 Å². The standard InChI is InChI=1S/C30H46O4/c1-19(20(2)31)10-15-30(25(33)34)17-16-28(6)21(18-30)8-9-23-27(5)13-12-24(32)26(3,4)22(27)11-14-29(23,28)7/h8-9,18-19,22-24,32H,10-17H2,1-7H3,(H,33,34)/t19-,22+,23-,24+,27+,28-,29-,30+/m1/s1. The number of aliphatic hydroxyl groups is 1. The van der Waals surface area contributed by atoms with Crippen LogP contribution in [0.2, 0.25) is 0 Å². The molecule has 2 saturated carbocycles. The van der Waals surface area contributed by atoms with Gasteiger partial charge in [-0.15, -0.1) is 0 Å². The highest BCUT2D eigenvalue weighted by atomic mass is 16.4. The normalized spacial score (nSPS) is 45.9. The molecule has 4 heteroatoms. The predicted octanol–water partition coefficient (Wildman–Crippen LogP) is 6.58. The van der Waals surface area contributed by atoms with Gasteiger partial charge in [0, 0.05) is 5.92 Å². The van der Waals surface area contributed by atoms with Crippen molar-refractivity contribution < 1.29 is 19.8 Å². The average molecular weight is 471 g/mol. The van der Waals surface area contributed by atoms with Crippen LogP contribution in [-0.2, 0) is 9.59 Å². The van der Waals surface area contributed by atoms with Crippen LogP contribution in [0.25, 0.3) is 0 Å². The zero-order chi connectivity index (χ0) is 25.3. The number of carbonyl (C=O) groups excluding carboxylic acids is 1. The summed E-state index contributed by atoms with van der Waals surface area (Å²) in [6.45, 7) is 15.3. The highest BCUT2D eigenvalue weighted by Crippen LogP contribution is 2.72. The van der Waals surface area contributed by atoms with Gasteiger partial charge >= 0.3 is 5.97 Å². The second-order valence-electron chi connectivity index (χ2n) is 13.7. The Hall–Kier alpha value is -1.42. The van der Waals surface area contributed by atoms with Crippen LogP contribution in [0.3, 0.4) is 0 Å². The van der Waals surface area contributed by atoms with Gasteiger partial charge < -0.3 is 10.2 Å². The topological polar surface area (TPSA) is 74.6 Å². The Bertz CT molecular complexity index is 930. The maximum absolute atomic E-state index is 12.6. The van der Waals surface area contributed by atoms with Gasteiger partial charge in [0.2, 0.25) is 0 Å². The molecule has 0 bridgehead atoms. The number of carboxylic acid groups (broad SMARTS) is 1. The van der Waals surface area contributed by atoms with Gasteiger partial charge in [0.15, 0.2) is 0 Å². The SMILES string of the molecule is CC(=O)[C@H](C)CC[C@@]1(C(=O)O)C=C2C=C[C@@H]3[C@@]4(C)CC[C@H](O)C(C)(C)[C@@H]4CC[C@@]3(C)[C@]2(C)CC1. The van der Waals surface area contributed by atoms with Crippen LogP contribution in [0.1, 0.15) is 99.8 Å². The van der Waals surface area contributed by atoms with Crippen molar-refractivity contribution in [1.82, 2.24) is 0 Å². The maximum Gasteiger partial charge on any atom is 0.313 e. The van der Waals surface area contributed by atoms with Gasteiger partial charge in [0.05, 0.1) is 11.5 Å². The predicted molar refractivity (Wildman–Crippen MR) is 135 cm³/mol. The summed E-state index contributed by atoms with van der Waals surface area (Å²) in [6, 6.07) is 0. The number of hydrogen-bond acceptors (Lipinski definition) is 3. The minimum absolute atomic E-state index is 0.0637. The van der Waals surface area contributed by atoms with Crippen molar-refractivity contribution in [3.63, 3.8) is 0 Å². The molecule has 0 radical (unpaired) electrons. The number of fused-ring (bicyclic) bond motifs is 5. The molecular formula is C30H46O4. The molecular weight excluding hydrogens is 424 g/mol. The molecule has 0 saturated heterocycles. The van der Waals surface area contributed by atoms with Crippen molar-refractivity contribution in [3.8, 4) is 0 Å². The zero-order valence-electron chi connectivity index (χ0n) is 22.4. The van der Waals surface area contributed by atoms with Gasteiger partial charge in [0.1, 0.15) is 5.78 Å². The van der Waals surface area contributed by atoms with E-state index in [0.29, 0.717) is 31.1 Å². The monoisotopic (exact) mass is 470 g/mol. The molecule has 2 N–H and O–H groups in total. The second-order valence-corrected chi connectivity index (χ2v) is 13.7. The molecule has 0 aromatic carbocycles. The molecule has 190 valence electrons. The molecule has 0 aromatic heterocycles. The summed E-state index contributed by atoms with van der Waals surface area (Å²) in [4.78, 5) is 24.4. The number of aliphatic carboxylic acids is 1. The summed E-state index contributed by atoms with van der Waals surface area (Å²) in [5.74, 6) is 0.175. The molecule has 2 fully saturated rings. The van der Waals surface area contributed by atoms with Gasteiger partial charge in [0.25, 0.3) is 0 Å². The van der Waals surface area contributed by atoms with Crippen molar-refractivity contribution >= 4 is 11.8 Å². The Morgan fingerprint density at radius 3 is 2.35 bits per heavy atom. The van der Waals surface area contributed by atoms with E-state index >= 15 is 0 Å². The third-order valence-electron chi connectivity index (χ3n) is 11.9. The number of Topliss-reactive ketones (excluding diaryl/α,β-unsaturated/α-hetero) is 1. The van der Waals surface area contributed by atoms with Crippen LogP contribution in [0.15, 0.2) is 23.8 Å². The fraction of sp³-hybridized carbons (Fsp3) is 0.800. The molecule has 0 spiro atoms. The first-order chi connectivity index (χ1) is 15.6. The van der Waals surface area contributed by atoms with Crippen molar-refractivity contribution in [3.05, 3.63) is 23.8 Å². The smallest absolute Gasteiger partial charge is 0.313 e. The first kappa shape index (κ1) is 25.7. The van der Waals surface area contributed by atoms with Crippen molar-refractivity contribution in [2.45, 2.75) is 106 Å². The maximum atomic E-state index is 12.6. The minimum atomic E-state index is -0.885.